The normalized spacial score (nSPS) is 14.3. The van der Waals surface area contributed by atoms with E-state index in [1.807, 2.05) is 12.1 Å². The van der Waals surface area contributed by atoms with Gasteiger partial charge in [-0.3, -0.25) is 0 Å². The van der Waals surface area contributed by atoms with Gasteiger partial charge in [0.15, 0.2) is 0 Å². The van der Waals surface area contributed by atoms with Gasteiger partial charge in [0.05, 0.1) is 10.0 Å². The van der Waals surface area contributed by atoms with E-state index in [1.165, 1.54) is 0 Å². The van der Waals surface area contributed by atoms with Crippen molar-refractivity contribution in [2.75, 3.05) is 0 Å². The zero-order valence-corrected chi connectivity index (χ0v) is 12.1. The van der Waals surface area contributed by atoms with Gasteiger partial charge in [-0.25, -0.2) is 4.39 Å². The summed E-state index contributed by atoms with van der Waals surface area (Å²) in [5, 5.41) is 0.629. The predicted molar refractivity (Wildman–Crippen MR) is 76.2 cm³/mol. The third kappa shape index (κ3) is 2.44. The molecule has 0 aromatic heterocycles. The van der Waals surface area contributed by atoms with Crippen LogP contribution in [0.2, 0.25) is 5.02 Å². The van der Waals surface area contributed by atoms with Gasteiger partial charge in [0.1, 0.15) is 5.82 Å². The molecule has 0 saturated carbocycles. The second kappa shape index (κ2) is 5.00. The van der Waals surface area contributed by atoms with E-state index in [4.69, 9.17) is 17.3 Å². The van der Waals surface area contributed by atoms with Gasteiger partial charge in [0.25, 0.3) is 0 Å². The molecule has 1 nitrogen and oxygen atoms in total. The fraction of sp³-hybridized carbons (Fsp3) is 0.143. The van der Waals surface area contributed by atoms with Crippen LogP contribution in [0, 0.1) is 5.82 Å². The highest BCUT2D eigenvalue weighted by atomic mass is 79.9. The van der Waals surface area contributed by atoms with Crippen molar-refractivity contribution >= 4 is 27.5 Å². The van der Waals surface area contributed by atoms with Gasteiger partial charge < -0.3 is 5.73 Å². The number of halogens is 3. The van der Waals surface area contributed by atoms with Crippen molar-refractivity contribution in [2.24, 2.45) is 5.73 Å². The summed E-state index contributed by atoms with van der Waals surface area (Å²) in [4.78, 5) is 0. The molecule has 0 amide bonds. The quantitative estimate of drug-likeness (QED) is 0.865. The minimum Gasteiger partial charge on any atom is -0.318 e. The Bertz CT molecular complexity index is 567. The van der Waals surface area contributed by atoms with E-state index < -0.39 is 5.54 Å². The zero-order valence-electron chi connectivity index (χ0n) is 9.75. The maximum Gasteiger partial charge on any atom is 0.142 e. The molecule has 1 atom stereocenters. The molecule has 0 aliphatic heterocycles. The lowest BCUT2D eigenvalue weighted by molar-refractivity contribution is 0.527. The van der Waals surface area contributed by atoms with Crippen LogP contribution in [0.1, 0.15) is 18.1 Å². The molecule has 2 rings (SSSR count). The van der Waals surface area contributed by atoms with Gasteiger partial charge in [0.2, 0.25) is 0 Å². The molecule has 2 aromatic carbocycles. The molecule has 0 aliphatic rings. The van der Waals surface area contributed by atoms with Gasteiger partial charge >= 0.3 is 0 Å². The van der Waals surface area contributed by atoms with Crippen LogP contribution in [-0.4, -0.2) is 0 Å². The topological polar surface area (TPSA) is 26.0 Å². The van der Waals surface area contributed by atoms with E-state index in [2.05, 4.69) is 15.9 Å². The summed E-state index contributed by atoms with van der Waals surface area (Å²) in [6, 6.07) is 12.2. The van der Waals surface area contributed by atoms with E-state index in [-0.39, 0.29) is 5.82 Å². The summed E-state index contributed by atoms with van der Waals surface area (Å²) in [6.45, 7) is 1.78. The molecule has 0 bridgehead atoms. The Labute approximate surface area is 119 Å². The lowest BCUT2D eigenvalue weighted by Crippen LogP contribution is -2.35. The Morgan fingerprint density at radius 2 is 1.78 bits per heavy atom. The summed E-state index contributed by atoms with van der Waals surface area (Å²) < 4.78 is 14.5. The standard InChI is InChI=1S/C14H12BrClFN/c1-14(18,9-5-7-10(16)8-6-9)11-3-2-4-12(15)13(11)17/h2-8H,18H2,1H3. The molecule has 1 unspecified atom stereocenters. The minimum atomic E-state index is -0.904. The molecule has 4 heteroatoms. The summed E-state index contributed by atoms with van der Waals surface area (Å²) >= 11 is 9.01. The summed E-state index contributed by atoms with van der Waals surface area (Å²) in [7, 11) is 0. The van der Waals surface area contributed by atoms with Gasteiger partial charge in [0, 0.05) is 10.6 Å². The average molecular weight is 329 g/mol. The van der Waals surface area contributed by atoms with E-state index >= 15 is 0 Å². The highest BCUT2D eigenvalue weighted by Crippen LogP contribution is 2.31. The highest BCUT2D eigenvalue weighted by molar-refractivity contribution is 9.10. The molecular weight excluding hydrogens is 317 g/mol. The monoisotopic (exact) mass is 327 g/mol. The third-order valence-corrected chi connectivity index (χ3v) is 3.82. The summed E-state index contributed by atoms with van der Waals surface area (Å²) in [5.41, 5.74) is 6.62. The second-order valence-corrected chi connectivity index (χ2v) is 5.60. The van der Waals surface area contributed by atoms with Crippen molar-refractivity contribution in [1.29, 1.82) is 0 Å². The molecule has 0 aliphatic carbocycles. The first-order valence-electron chi connectivity index (χ1n) is 5.42. The van der Waals surface area contributed by atoms with Gasteiger partial charge in [-0.05, 0) is 46.6 Å². The number of nitrogens with two attached hydrogens (primary N) is 1. The summed E-state index contributed by atoms with van der Waals surface area (Å²) in [6.07, 6.45) is 0. The van der Waals surface area contributed by atoms with Gasteiger partial charge in [-0.2, -0.15) is 0 Å². The lowest BCUT2D eigenvalue weighted by Gasteiger charge is -2.26. The lowest BCUT2D eigenvalue weighted by atomic mass is 9.85. The molecule has 0 saturated heterocycles. The number of benzene rings is 2. The Morgan fingerprint density at radius 1 is 1.17 bits per heavy atom. The molecular formula is C14H12BrClFN. The number of rotatable bonds is 2. The number of hydrogen-bond acceptors (Lipinski definition) is 1. The van der Waals surface area contributed by atoms with Crippen LogP contribution in [0.25, 0.3) is 0 Å². The van der Waals surface area contributed by atoms with Crippen molar-refractivity contribution in [3.8, 4) is 0 Å². The van der Waals surface area contributed by atoms with E-state index in [0.29, 0.717) is 15.1 Å². The van der Waals surface area contributed by atoms with Crippen molar-refractivity contribution in [1.82, 2.24) is 0 Å². The van der Waals surface area contributed by atoms with Gasteiger partial charge in [-0.15, -0.1) is 0 Å². The van der Waals surface area contributed by atoms with Crippen LogP contribution in [0.3, 0.4) is 0 Å². The fourth-order valence-corrected chi connectivity index (χ4v) is 2.35. The molecule has 18 heavy (non-hydrogen) atoms. The van der Waals surface area contributed by atoms with E-state index in [0.717, 1.165) is 5.56 Å². The molecule has 0 heterocycles. The molecule has 2 aromatic rings. The fourth-order valence-electron chi connectivity index (χ4n) is 1.86. The van der Waals surface area contributed by atoms with Crippen molar-refractivity contribution < 1.29 is 4.39 Å². The average Bonchev–Trinajstić information content (AvgIpc) is 2.33. The third-order valence-electron chi connectivity index (χ3n) is 2.96. The Balaban J connectivity index is 2.54. The first-order valence-corrected chi connectivity index (χ1v) is 6.59. The Hall–Kier alpha value is -0.900. The molecule has 0 radical (unpaired) electrons. The molecule has 94 valence electrons. The minimum absolute atomic E-state index is 0.336. The SMILES string of the molecule is CC(N)(c1ccc(Cl)cc1)c1cccc(Br)c1F. The van der Waals surface area contributed by atoms with Crippen LogP contribution in [-0.2, 0) is 5.54 Å². The van der Waals surface area contributed by atoms with E-state index in [1.54, 1.807) is 37.3 Å². The predicted octanol–water partition coefficient (Wildman–Crippen LogP) is 4.46. The van der Waals surface area contributed by atoms with Crippen LogP contribution in [0.15, 0.2) is 46.9 Å². The maximum absolute atomic E-state index is 14.1. The second-order valence-electron chi connectivity index (χ2n) is 4.31. The summed E-state index contributed by atoms with van der Waals surface area (Å²) in [5.74, 6) is -0.336. The van der Waals surface area contributed by atoms with Crippen LogP contribution in [0.5, 0.6) is 0 Å². The highest BCUT2D eigenvalue weighted by Gasteiger charge is 2.27. The van der Waals surface area contributed by atoms with Crippen LogP contribution >= 0.6 is 27.5 Å². The van der Waals surface area contributed by atoms with Crippen molar-refractivity contribution in [3.63, 3.8) is 0 Å². The van der Waals surface area contributed by atoms with Crippen LogP contribution in [0.4, 0.5) is 4.39 Å². The number of hydrogen-bond donors (Lipinski definition) is 1. The smallest absolute Gasteiger partial charge is 0.142 e. The zero-order chi connectivity index (χ0) is 13.3. The van der Waals surface area contributed by atoms with E-state index in [9.17, 15) is 4.39 Å². The molecule has 0 spiro atoms. The maximum atomic E-state index is 14.1. The van der Waals surface area contributed by atoms with Crippen molar-refractivity contribution in [3.05, 3.63) is 68.9 Å². The van der Waals surface area contributed by atoms with Gasteiger partial charge in [-0.1, -0.05) is 35.9 Å². The largest absolute Gasteiger partial charge is 0.318 e. The molecule has 2 N–H and O–H groups in total. The van der Waals surface area contributed by atoms with Crippen molar-refractivity contribution in [2.45, 2.75) is 12.5 Å². The first-order chi connectivity index (χ1) is 8.43. The molecule has 0 fully saturated rings. The Morgan fingerprint density at radius 3 is 2.39 bits per heavy atom. The Kier molecular flexibility index (Phi) is 3.76. The van der Waals surface area contributed by atoms with Crippen LogP contribution < -0.4 is 5.73 Å². The first kappa shape index (κ1) is 13.5.